The van der Waals surface area contributed by atoms with Crippen LogP contribution in [0, 0.1) is 0 Å². The quantitative estimate of drug-likeness (QED) is 0.758. The van der Waals surface area contributed by atoms with E-state index in [-0.39, 0.29) is 11.8 Å². The molecule has 4 nitrogen and oxygen atoms in total. The van der Waals surface area contributed by atoms with Crippen molar-refractivity contribution in [3.05, 3.63) is 65.7 Å². The second kappa shape index (κ2) is 9.02. The minimum atomic E-state index is -0.0934. The minimum absolute atomic E-state index is 0.0270. The first-order valence-electron chi connectivity index (χ1n) is 8.81. The van der Waals surface area contributed by atoms with Gasteiger partial charge in [0.2, 0.25) is 0 Å². The summed E-state index contributed by atoms with van der Waals surface area (Å²) in [5.41, 5.74) is 2.03. The number of hydrogen-bond donors (Lipinski definition) is 0. The first kappa shape index (κ1) is 18.7. The summed E-state index contributed by atoms with van der Waals surface area (Å²) in [7, 11) is 1.75. The predicted octanol–water partition coefficient (Wildman–Crippen LogP) is 4.23. The highest BCUT2D eigenvalue weighted by Gasteiger charge is 2.17. The molecule has 0 aliphatic rings. The molecule has 0 atom stereocenters. The van der Waals surface area contributed by atoms with E-state index in [1.807, 2.05) is 35.2 Å². The van der Waals surface area contributed by atoms with Crippen LogP contribution in [0.25, 0.3) is 0 Å². The third-order valence-electron chi connectivity index (χ3n) is 4.10. The molecule has 0 radical (unpaired) electrons. The Morgan fingerprint density at radius 2 is 1.24 bits per heavy atom. The molecule has 0 aromatic heterocycles. The van der Waals surface area contributed by atoms with E-state index in [1.54, 1.807) is 36.2 Å². The normalized spacial score (nSPS) is 10.4. The zero-order valence-corrected chi connectivity index (χ0v) is 15.2. The fourth-order valence-corrected chi connectivity index (χ4v) is 2.76. The predicted molar refractivity (Wildman–Crippen MR) is 102 cm³/mol. The summed E-state index contributed by atoms with van der Waals surface area (Å²) in [5, 5.41) is 0. The highest BCUT2D eigenvalue weighted by atomic mass is 16.2. The highest BCUT2D eigenvalue weighted by molar-refractivity contribution is 6.06. The molecular weight excluding hydrogens is 312 g/mol. The van der Waals surface area contributed by atoms with Crippen molar-refractivity contribution in [3.63, 3.8) is 0 Å². The zero-order chi connectivity index (χ0) is 18.2. The van der Waals surface area contributed by atoms with Crippen LogP contribution in [0.1, 0.15) is 47.4 Å². The van der Waals surface area contributed by atoms with Crippen LogP contribution in [0.2, 0.25) is 0 Å². The topological polar surface area (TPSA) is 40.6 Å². The fraction of sp³-hybridized carbons (Fsp3) is 0.333. The Morgan fingerprint density at radius 3 is 1.72 bits per heavy atom. The van der Waals surface area contributed by atoms with Gasteiger partial charge in [-0.15, -0.1) is 0 Å². The largest absolute Gasteiger partial charge is 0.339 e. The molecule has 4 heteroatoms. The molecule has 2 amide bonds. The van der Waals surface area contributed by atoms with Crippen molar-refractivity contribution in [2.45, 2.75) is 26.7 Å². The molecule has 0 saturated carbocycles. The lowest BCUT2D eigenvalue weighted by Crippen LogP contribution is -2.32. The van der Waals surface area contributed by atoms with E-state index in [1.165, 1.54) is 0 Å². The number of carbonyl (C=O) groups is 2. The molecule has 2 rings (SSSR count). The monoisotopic (exact) mass is 338 g/mol. The Labute approximate surface area is 150 Å². The molecule has 0 fully saturated rings. The van der Waals surface area contributed by atoms with Crippen molar-refractivity contribution in [3.8, 4) is 0 Å². The van der Waals surface area contributed by atoms with Crippen LogP contribution in [0.4, 0.5) is 5.69 Å². The van der Waals surface area contributed by atoms with E-state index in [2.05, 4.69) is 13.8 Å². The molecule has 0 aliphatic carbocycles. The molecule has 132 valence electrons. The molecular formula is C21H26N2O2. The van der Waals surface area contributed by atoms with E-state index in [0.717, 1.165) is 31.6 Å². The van der Waals surface area contributed by atoms with Gasteiger partial charge in [0.1, 0.15) is 0 Å². The van der Waals surface area contributed by atoms with Gasteiger partial charge in [0, 0.05) is 37.0 Å². The third-order valence-corrected chi connectivity index (χ3v) is 4.10. The number of anilines is 1. The molecule has 0 bridgehead atoms. The number of rotatable bonds is 7. The van der Waals surface area contributed by atoms with Gasteiger partial charge in [-0.25, -0.2) is 0 Å². The minimum Gasteiger partial charge on any atom is -0.339 e. The fourth-order valence-electron chi connectivity index (χ4n) is 2.76. The lowest BCUT2D eigenvalue weighted by molar-refractivity contribution is 0.0755. The second-order valence-electron chi connectivity index (χ2n) is 6.07. The van der Waals surface area contributed by atoms with Crippen molar-refractivity contribution in [2.24, 2.45) is 0 Å². The first-order valence-corrected chi connectivity index (χ1v) is 8.81. The Balaban J connectivity index is 2.13. The summed E-state index contributed by atoms with van der Waals surface area (Å²) in [6.45, 7) is 5.64. The van der Waals surface area contributed by atoms with Gasteiger partial charge in [-0.2, -0.15) is 0 Å². The highest BCUT2D eigenvalue weighted by Crippen LogP contribution is 2.16. The summed E-state index contributed by atoms with van der Waals surface area (Å²) in [5.74, 6) is -0.0664. The summed E-state index contributed by atoms with van der Waals surface area (Å²) in [6.07, 6.45) is 1.87. The molecule has 0 spiro atoms. The van der Waals surface area contributed by atoms with Gasteiger partial charge in [0.15, 0.2) is 0 Å². The summed E-state index contributed by atoms with van der Waals surface area (Å²) < 4.78 is 0. The van der Waals surface area contributed by atoms with E-state index in [4.69, 9.17) is 0 Å². The van der Waals surface area contributed by atoms with Gasteiger partial charge in [-0.05, 0) is 49.2 Å². The third kappa shape index (κ3) is 4.69. The van der Waals surface area contributed by atoms with Crippen LogP contribution in [0.5, 0.6) is 0 Å². The van der Waals surface area contributed by atoms with E-state index < -0.39 is 0 Å². The van der Waals surface area contributed by atoms with Gasteiger partial charge in [0.25, 0.3) is 11.8 Å². The maximum atomic E-state index is 12.6. The molecule has 0 unspecified atom stereocenters. The van der Waals surface area contributed by atoms with Crippen LogP contribution in [0.15, 0.2) is 54.6 Å². The maximum Gasteiger partial charge on any atom is 0.258 e. The van der Waals surface area contributed by atoms with Crippen LogP contribution in [-0.2, 0) is 0 Å². The first-order chi connectivity index (χ1) is 12.1. The Hall–Kier alpha value is -2.62. The molecule has 0 aliphatic heterocycles. The summed E-state index contributed by atoms with van der Waals surface area (Å²) in [4.78, 5) is 28.7. The van der Waals surface area contributed by atoms with Gasteiger partial charge in [-0.1, -0.05) is 32.0 Å². The zero-order valence-electron chi connectivity index (χ0n) is 15.2. The smallest absolute Gasteiger partial charge is 0.258 e. The Kier molecular flexibility index (Phi) is 6.75. The maximum absolute atomic E-state index is 12.6. The van der Waals surface area contributed by atoms with Crippen molar-refractivity contribution >= 4 is 17.5 Å². The van der Waals surface area contributed by atoms with E-state index in [9.17, 15) is 9.59 Å². The molecule has 2 aromatic rings. The van der Waals surface area contributed by atoms with Crippen molar-refractivity contribution in [1.29, 1.82) is 0 Å². The van der Waals surface area contributed by atoms with Gasteiger partial charge < -0.3 is 9.80 Å². The molecule has 0 saturated heterocycles. The van der Waals surface area contributed by atoms with Crippen LogP contribution >= 0.6 is 0 Å². The van der Waals surface area contributed by atoms with Gasteiger partial charge in [0.05, 0.1) is 0 Å². The van der Waals surface area contributed by atoms with Crippen molar-refractivity contribution in [1.82, 2.24) is 4.90 Å². The number of amides is 2. The van der Waals surface area contributed by atoms with Gasteiger partial charge in [-0.3, -0.25) is 9.59 Å². The second-order valence-corrected chi connectivity index (χ2v) is 6.07. The number of hydrogen-bond acceptors (Lipinski definition) is 2. The van der Waals surface area contributed by atoms with Crippen LogP contribution < -0.4 is 4.90 Å². The summed E-state index contributed by atoms with van der Waals surface area (Å²) >= 11 is 0. The molecule has 0 N–H and O–H groups in total. The van der Waals surface area contributed by atoms with Crippen LogP contribution in [0.3, 0.4) is 0 Å². The Bertz CT molecular complexity index is 690. The van der Waals surface area contributed by atoms with E-state index >= 15 is 0 Å². The number of para-hydroxylation sites is 1. The lowest BCUT2D eigenvalue weighted by Gasteiger charge is -2.22. The number of carbonyl (C=O) groups excluding carboxylic acids is 2. The van der Waals surface area contributed by atoms with Gasteiger partial charge >= 0.3 is 0 Å². The summed E-state index contributed by atoms with van der Waals surface area (Å²) in [6, 6.07) is 16.4. The average Bonchev–Trinajstić information content (AvgIpc) is 2.67. The average molecular weight is 338 g/mol. The molecule has 2 aromatic carbocycles. The SMILES string of the molecule is CCCN(CCC)C(=O)c1ccc(C(=O)N(C)c2ccccc2)cc1. The van der Waals surface area contributed by atoms with Crippen LogP contribution in [-0.4, -0.2) is 36.9 Å². The van der Waals surface area contributed by atoms with E-state index in [0.29, 0.717) is 11.1 Å². The van der Waals surface area contributed by atoms with Crippen molar-refractivity contribution in [2.75, 3.05) is 25.0 Å². The number of nitrogens with zero attached hydrogens (tertiary/aromatic N) is 2. The Morgan fingerprint density at radius 1 is 0.760 bits per heavy atom. The van der Waals surface area contributed by atoms with Crippen molar-refractivity contribution < 1.29 is 9.59 Å². The molecule has 25 heavy (non-hydrogen) atoms. The number of benzene rings is 2. The lowest BCUT2D eigenvalue weighted by atomic mass is 10.1. The standard InChI is InChI=1S/C21H26N2O2/c1-4-15-23(16-5-2)21(25)18-13-11-17(12-14-18)20(24)22(3)19-9-7-6-8-10-19/h6-14H,4-5,15-16H2,1-3H3. The molecule has 0 heterocycles.